The fourth-order valence-electron chi connectivity index (χ4n) is 12.8. The van der Waals surface area contributed by atoms with Gasteiger partial charge in [0.25, 0.3) is 0 Å². The molecule has 4 saturated carbocycles. The van der Waals surface area contributed by atoms with Crippen molar-refractivity contribution in [2.75, 3.05) is 0 Å². The maximum Gasteiger partial charge on any atom is 0.159 e. The Bertz CT molecular complexity index is 1390. The van der Waals surface area contributed by atoms with Gasteiger partial charge in [-0.1, -0.05) is 46.1 Å². The first-order valence-electron chi connectivity index (χ1n) is 20.0. The highest BCUT2D eigenvalue weighted by Gasteiger charge is 2.70. The molecule has 0 bridgehead atoms. The van der Waals surface area contributed by atoms with Crippen molar-refractivity contribution >= 4 is 5.78 Å². The number of carbonyl (C=O) groups is 1. The lowest BCUT2D eigenvalue weighted by Crippen LogP contribution is -2.64. The van der Waals surface area contributed by atoms with Crippen molar-refractivity contribution in [3.63, 3.8) is 0 Å². The lowest BCUT2D eigenvalue weighted by atomic mass is 9.44. The number of nitrogens with one attached hydrogen (secondary N) is 1. The molecule has 5 fully saturated rings. The van der Waals surface area contributed by atoms with Gasteiger partial charge in [0.15, 0.2) is 5.78 Å². The van der Waals surface area contributed by atoms with Gasteiger partial charge in [0, 0.05) is 17.5 Å². The number of ketones is 1. The third kappa shape index (κ3) is 5.71. The summed E-state index contributed by atoms with van der Waals surface area (Å²) < 4.78 is 6.61. The summed E-state index contributed by atoms with van der Waals surface area (Å²) in [7, 11) is 0. The summed E-state index contributed by atoms with van der Waals surface area (Å²) in [4.78, 5) is 14.1. The van der Waals surface area contributed by atoms with Crippen molar-refractivity contribution in [1.29, 1.82) is 0 Å². The quantitative estimate of drug-likeness (QED) is 0.185. The number of rotatable bonds is 9. The third-order valence-corrected chi connectivity index (χ3v) is 15.8. The average Bonchev–Trinajstić information content (AvgIpc) is 3.57. The van der Waals surface area contributed by atoms with Gasteiger partial charge in [-0.05, 0) is 136 Å². The topological polar surface area (TPSA) is 166 Å². The smallest absolute Gasteiger partial charge is 0.159 e. The molecular formula is C41H64N2O7. The summed E-state index contributed by atoms with van der Waals surface area (Å²) >= 11 is 0. The summed E-state index contributed by atoms with van der Waals surface area (Å²) in [5.41, 5.74) is 3.51. The van der Waals surface area contributed by atoms with E-state index in [0.717, 1.165) is 30.4 Å². The normalized spacial score (nSPS) is 48.7. The van der Waals surface area contributed by atoms with E-state index in [1.807, 2.05) is 18.4 Å². The summed E-state index contributed by atoms with van der Waals surface area (Å²) in [5, 5.41) is 62.5. The van der Waals surface area contributed by atoms with Crippen LogP contribution in [0, 0.1) is 46.3 Å². The number of fused-ring (bicyclic) bond motifs is 6. The molecule has 1 saturated heterocycles. The molecule has 0 radical (unpaired) electrons. The lowest BCUT2D eigenvalue weighted by Gasteiger charge is -2.62. The third-order valence-electron chi connectivity index (χ3n) is 15.8. The first-order chi connectivity index (χ1) is 23.7. The first kappa shape index (κ1) is 36.8. The van der Waals surface area contributed by atoms with Crippen LogP contribution in [0.5, 0.6) is 0 Å². The second-order valence-electron chi connectivity index (χ2n) is 18.2. The van der Waals surface area contributed by atoms with Crippen LogP contribution in [0.1, 0.15) is 118 Å². The van der Waals surface area contributed by atoms with Crippen LogP contribution >= 0.6 is 0 Å². The Balaban J connectivity index is 1.15. The molecule has 0 spiro atoms. The molecule has 8 N–H and O–H groups in total. The largest absolute Gasteiger partial charge is 0.390 e. The van der Waals surface area contributed by atoms with Crippen LogP contribution in [0.3, 0.4) is 0 Å². The Morgan fingerprint density at radius 3 is 2.62 bits per heavy atom. The van der Waals surface area contributed by atoms with E-state index in [-0.39, 0.29) is 36.3 Å². The van der Waals surface area contributed by atoms with Gasteiger partial charge in [0.1, 0.15) is 6.10 Å². The van der Waals surface area contributed by atoms with Crippen LogP contribution in [-0.4, -0.2) is 79.2 Å². The Labute approximate surface area is 298 Å². The van der Waals surface area contributed by atoms with Gasteiger partial charge in [-0.25, -0.2) is 0 Å². The highest BCUT2D eigenvalue weighted by Crippen LogP contribution is 2.69. The number of hydrogen-bond acceptors (Lipinski definition) is 9. The van der Waals surface area contributed by atoms with Gasteiger partial charge < -0.3 is 41.3 Å². The van der Waals surface area contributed by atoms with Crippen molar-refractivity contribution in [3.8, 4) is 0 Å². The van der Waals surface area contributed by atoms with E-state index in [9.17, 15) is 30.3 Å². The fourth-order valence-corrected chi connectivity index (χ4v) is 12.8. The molecule has 0 aromatic heterocycles. The van der Waals surface area contributed by atoms with Crippen LogP contribution in [0.15, 0.2) is 35.6 Å². The molecule has 50 heavy (non-hydrogen) atoms. The highest BCUT2D eigenvalue weighted by atomic mass is 16.5. The molecule has 2 aliphatic heterocycles. The van der Waals surface area contributed by atoms with E-state index in [1.54, 1.807) is 13.0 Å². The highest BCUT2D eigenvalue weighted by molar-refractivity contribution is 5.95. The second-order valence-corrected chi connectivity index (χ2v) is 18.2. The number of aliphatic hydroxyl groups excluding tert-OH is 3. The number of hydrogen-bond donors (Lipinski definition) is 7. The zero-order valence-electron chi connectivity index (χ0n) is 30.8. The molecule has 0 aromatic rings. The van der Waals surface area contributed by atoms with Gasteiger partial charge in [-0.3, -0.25) is 4.79 Å². The SMILES string of the molecule is CCCC[C@H]1CC[C@@H]2O[C@@H]([C@@H](O)[C@](C)(O)[C@H]3CC[C@@]4(O)C5=CC(=O)[C@@H]6C[C@@H](O)[C@@H](O)C[C@]6(CCC6=CNC(N)C=C6)[C@H]5CC[C@]34C)[C@@H](C)[C@@H]2C1. The molecule has 7 rings (SSSR count). The number of nitrogens with two attached hydrogens (primary N) is 1. The molecule has 0 aromatic carbocycles. The van der Waals surface area contributed by atoms with Crippen LogP contribution in [0.25, 0.3) is 0 Å². The molecule has 1 unspecified atom stereocenters. The van der Waals surface area contributed by atoms with Gasteiger partial charge in [-0.2, -0.15) is 0 Å². The monoisotopic (exact) mass is 696 g/mol. The maximum absolute atomic E-state index is 14.1. The van der Waals surface area contributed by atoms with Crippen LogP contribution in [-0.2, 0) is 9.53 Å². The predicted molar refractivity (Wildman–Crippen MR) is 191 cm³/mol. The molecule has 0 amide bonds. The minimum absolute atomic E-state index is 0.0866. The maximum atomic E-state index is 14.1. The summed E-state index contributed by atoms with van der Waals surface area (Å²) in [5.74, 6) is 0.111. The number of carbonyl (C=O) groups excluding carboxylic acids is 1. The second kappa shape index (κ2) is 13.4. The Morgan fingerprint density at radius 1 is 1.12 bits per heavy atom. The molecular weight excluding hydrogens is 632 g/mol. The van der Waals surface area contributed by atoms with Crippen molar-refractivity contribution in [3.05, 3.63) is 35.6 Å². The lowest BCUT2D eigenvalue weighted by molar-refractivity contribution is -0.199. The van der Waals surface area contributed by atoms with E-state index in [4.69, 9.17) is 10.5 Å². The number of allylic oxidation sites excluding steroid dienone is 3. The minimum atomic E-state index is -1.52. The first-order valence-corrected chi connectivity index (χ1v) is 20.0. The van der Waals surface area contributed by atoms with Crippen molar-refractivity contribution in [2.24, 2.45) is 52.1 Å². The van der Waals surface area contributed by atoms with Gasteiger partial charge in [0.2, 0.25) is 0 Å². The van der Waals surface area contributed by atoms with Gasteiger partial charge in [0.05, 0.1) is 41.8 Å². The van der Waals surface area contributed by atoms with E-state index < -0.39 is 58.3 Å². The molecule has 2 heterocycles. The molecule has 9 nitrogen and oxygen atoms in total. The predicted octanol–water partition coefficient (Wildman–Crippen LogP) is 4.40. The van der Waals surface area contributed by atoms with Crippen molar-refractivity contribution in [1.82, 2.24) is 5.32 Å². The molecule has 9 heteroatoms. The average molecular weight is 697 g/mol. The summed E-state index contributed by atoms with van der Waals surface area (Å²) in [6.07, 6.45) is 14.9. The Kier molecular flexibility index (Phi) is 9.82. The van der Waals surface area contributed by atoms with Gasteiger partial charge in [-0.15, -0.1) is 0 Å². The van der Waals surface area contributed by atoms with Crippen LogP contribution in [0.4, 0.5) is 0 Å². The number of unbranched alkanes of at least 4 members (excludes halogenated alkanes) is 1. The zero-order chi connectivity index (χ0) is 35.8. The molecule has 5 aliphatic carbocycles. The number of dihydropyridines is 1. The molecule has 16 atom stereocenters. The molecule has 7 aliphatic rings. The Hall–Kier alpha value is -1.59. The Morgan fingerprint density at radius 2 is 1.90 bits per heavy atom. The minimum Gasteiger partial charge on any atom is -0.390 e. The zero-order valence-corrected chi connectivity index (χ0v) is 30.8. The van der Waals surface area contributed by atoms with Crippen molar-refractivity contribution in [2.45, 2.75) is 165 Å². The van der Waals surface area contributed by atoms with Gasteiger partial charge >= 0.3 is 0 Å². The fraction of sp³-hybridized carbons (Fsp3) is 0.829. The molecule has 280 valence electrons. The van der Waals surface area contributed by atoms with E-state index in [2.05, 4.69) is 26.1 Å². The van der Waals surface area contributed by atoms with Crippen molar-refractivity contribution < 1.29 is 35.1 Å². The van der Waals surface area contributed by atoms with E-state index in [0.29, 0.717) is 56.8 Å². The summed E-state index contributed by atoms with van der Waals surface area (Å²) in [6, 6.07) is 0. The standard InChI is InChI=1S/C41H64N2O7/c1-5-6-7-24-8-10-33-26(18-24)23(2)36(50-33)37(47)39(4,48)34-14-17-41(49)28-19-30(44)29-20-31(45)32(46)21-40(29,27(28)13-15-38(34,41)3)16-12-25-9-11-35(42)43-22-25/h9,11,19,22-24,26-27,29,31-37,43,45-49H,5-8,10,12-18,20-21,42H2,1-4H3/t23-,24-,26-,27-,29-,31+,32-,33-,34-,35?,36+,37+,38+,39+,40+,41+/m0/s1. The van der Waals surface area contributed by atoms with E-state index in [1.165, 1.54) is 19.3 Å². The van der Waals surface area contributed by atoms with E-state index >= 15 is 0 Å². The summed E-state index contributed by atoms with van der Waals surface area (Å²) in [6.45, 7) is 8.22. The van der Waals surface area contributed by atoms with Crippen LogP contribution in [0.2, 0.25) is 0 Å². The van der Waals surface area contributed by atoms with Crippen LogP contribution < -0.4 is 11.1 Å². The number of ether oxygens (including phenoxy) is 1. The number of aliphatic hydroxyl groups is 5.